The van der Waals surface area contributed by atoms with Crippen molar-refractivity contribution in [2.24, 2.45) is 0 Å². The molecular weight excluding hydrogens is 320 g/mol. The Morgan fingerprint density at radius 1 is 1.12 bits per heavy atom. The Bertz CT molecular complexity index is 858. The van der Waals surface area contributed by atoms with E-state index in [1.54, 1.807) is 17.5 Å². The van der Waals surface area contributed by atoms with Crippen molar-refractivity contribution in [2.75, 3.05) is 5.32 Å². The lowest BCUT2D eigenvalue weighted by atomic mass is 9.94. The Labute approximate surface area is 145 Å². The number of hydrogen-bond donors (Lipinski definition) is 1. The minimum atomic E-state index is -0.0402. The number of aryl methyl sites for hydroxylation is 1. The van der Waals surface area contributed by atoms with Crippen molar-refractivity contribution in [3.8, 4) is 0 Å². The van der Waals surface area contributed by atoms with E-state index in [4.69, 9.17) is 4.42 Å². The maximum atomic E-state index is 5.75. The van der Waals surface area contributed by atoms with E-state index in [0.717, 1.165) is 27.3 Å². The van der Waals surface area contributed by atoms with Gasteiger partial charge >= 0.3 is 0 Å². The first-order valence-electron chi connectivity index (χ1n) is 7.71. The predicted octanol–water partition coefficient (Wildman–Crippen LogP) is 5.05. The first kappa shape index (κ1) is 16.4. The number of anilines is 2. The topological polar surface area (TPSA) is 63.8 Å². The van der Waals surface area contributed by atoms with Gasteiger partial charge in [0.15, 0.2) is 5.13 Å². The van der Waals surface area contributed by atoms with Gasteiger partial charge in [-0.2, -0.15) is 0 Å². The number of pyridine rings is 1. The molecule has 0 aliphatic carbocycles. The highest BCUT2D eigenvalue weighted by Gasteiger charge is 2.18. The molecule has 124 valence electrons. The second-order valence-corrected chi connectivity index (χ2v) is 7.57. The van der Waals surface area contributed by atoms with Crippen LogP contribution in [0.15, 0.2) is 35.0 Å². The van der Waals surface area contributed by atoms with E-state index in [1.807, 2.05) is 43.5 Å². The number of thiazole rings is 1. The van der Waals surface area contributed by atoms with Crippen LogP contribution < -0.4 is 5.32 Å². The fraction of sp³-hybridized carbons (Fsp3) is 0.278. The summed E-state index contributed by atoms with van der Waals surface area (Å²) < 4.78 is 5.75. The third-order valence-corrected chi connectivity index (χ3v) is 4.18. The Morgan fingerprint density at radius 2 is 1.96 bits per heavy atom. The largest absolute Gasteiger partial charge is 0.441 e. The maximum Gasteiger partial charge on any atom is 0.218 e. The van der Waals surface area contributed by atoms with Crippen molar-refractivity contribution in [1.29, 1.82) is 0 Å². The number of nitrogens with one attached hydrogen (secondary N) is 1. The molecule has 0 aromatic carbocycles. The number of oxazole rings is 1. The van der Waals surface area contributed by atoms with Crippen LogP contribution in [0.25, 0.3) is 12.2 Å². The zero-order valence-corrected chi connectivity index (χ0v) is 15.0. The highest BCUT2D eigenvalue weighted by atomic mass is 32.1. The molecule has 0 bridgehead atoms. The Balaban J connectivity index is 1.68. The van der Waals surface area contributed by atoms with Gasteiger partial charge in [0, 0.05) is 28.3 Å². The summed E-state index contributed by atoms with van der Waals surface area (Å²) >= 11 is 1.55. The summed E-state index contributed by atoms with van der Waals surface area (Å²) in [5.41, 5.74) is 0.928. The smallest absolute Gasteiger partial charge is 0.218 e. The van der Waals surface area contributed by atoms with Gasteiger partial charge in [-0.1, -0.05) is 38.2 Å². The van der Waals surface area contributed by atoms with Gasteiger partial charge in [0.2, 0.25) is 5.89 Å². The van der Waals surface area contributed by atoms with Crippen LogP contribution in [0.2, 0.25) is 0 Å². The van der Waals surface area contributed by atoms with Gasteiger partial charge in [-0.25, -0.2) is 15.0 Å². The third kappa shape index (κ3) is 4.08. The van der Waals surface area contributed by atoms with Crippen molar-refractivity contribution in [3.63, 3.8) is 0 Å². The Hall–Kier alpha value is -2.47. The second-order valence-electron chi connectivity index (χ2n) is 6.50. The Morgan fingerprint density at radius 3 is 2.67 bits per heavy atom. The molecule has 0 saturated carbocycles. The number of nitrogens with zero attached hydrogens (tertiary/aromatic N) is 3. The summed E-state index contributed by atoms with van der Waals surface area (Å²) in [6, 6.07) is 5.85. The molecule has 1 N–H and O–H groups in total. The molecule has 6 heteroatoms. The van der Waals surface area contributed by atoms with E-state index < -0.39 is 0 Å². The van der Waals surface area contributed by atoms with E-state index in [9.17, 15) is 0 Å². The fourth-order valence-electron chi connectivity index (χ4n) is 2.01. The van der Waals surface area contributed by atoms with E-state index in [0.29, 0.717) is 5.89 Å². The summed E-state index contributed by atoms with van der Waals surface area (Å²) in [5, 5.41) is 4.01. The fourth-order valence-corrected chi connectivity index (χ4v) is 2.73. The van der Waals surface area contributed by atoms with E-state index in [-0.39, 0.29) is 5.41 Å². The summed E-state index contributed by atoms with van der Waals surface area (Å²) in [6.45, 7) is 8.26. The van der Waals surface area contributed by atoms with Gasteiger partial charge in [-0.15, -0.1) is 0 Å². The molecule has 3 aromatic rings. The molecule has 0 radical (unpaired) electrons. The lowest BCUT2D eigenvalue weighted by Gasteiger charge is -2.12. The van der Waals surface area contributed by atoms with Gasteiger partial charge in [-0.05, 0) is 25.1 Å². The molecule has 24 heavy (non-hydrogen) atoms. The number of hydrogen-bond acceptors (Lipinski definition) is 6. The van der Waals surface area contributed by atoms with Crippen molar-refractivity contribution in [3.05, 3.63) is 52.8 Å². The predicted molar refractivity (Wildman–Crippen MR) is 98.5 cm³/mol. The molecule has 0 saturated heterocycles. The van der Waals surface area contributed by atoms with Crippen LogP contribution >= 0.6 is 11.3 Å². The number of rotatable bonds is 4. The van der Waals surface area contributed by atoms with Gasteiger partial charge in [0.05, 0.1) is 6.20 Å². The molecule has 0 aliphatic rings. The molecule has 3 rings (SSSR count). The molecule has 5 nitrogen and oxygen atoms in total. The average Bonchev–Trinajstić information content (AvgIpc) is 3.13. The van der Waals surface area contributed by atoms with Crippen molar-refractivity contribution < 1.29 is 4.42 Å². The molecule has 0 spiro atoms. The standard InChI is InChI=1S/C18H20N4OS/c1-12-6-5-7-15(21-12)22-17-20-10-13(24-17)8-9-16-19-11-14(23-16)18(2,3)4/h5-11H,1-4H3,(H,20,21,22). The summed E-state index contributed by atoms with van der Waals surface area (Å²) in [5.74, 6) is 2.27. The lowest BCUT2D eigenvalue weighted by Crippen LogP contribution is -2.09. The van der Waals surface area contributed by atoms with Crippen LogP contribution in [0.5, 0.6) is 0 Å². The van der Waals surface area contributed by atoms with Gasteiger partial charge in [0.1, 0.15) is 11.6 Å². The highest BCUT2D eigenvalue weighted by Crippen LogP contribution is 2.25. The maximum absolute atomic E-state index is 5.75. The SMILES string of the molecule is Cc1cccc(Nc2ncc(C=Cc3ncc(C(C)(C)C)o3)s2)n1. The minimum absolute atomic E-state index is 0.0402. The van der Waals surface area contributed by atoms with Gasteiger partial charge in [-0.3, -0.25) is 0 Å². The zero-order chi connectivity index (χ0) is 17.2. The molecule has 3 heterocycles. The summed E-state index contributed by atoms with van der Waals surface area (Å²) in [7, 11) is 0. The van der Waals surface area contributed by atoms with Crippen LogP contribution in [0.4, 0.5) is 10.9 Å². The molecule has 0 amide bonds. The van der Waals surface area contributed by atoms with Crippen LogP contribution in [0, 0.1) is 6.92 Å². The zero-order valence-electron chi connectivity index (χ0n) is 14.2. The third-order valence-electron chi connectivity index (χ3n) is 3.30. The highest BCUT2D eigenvalue weighted by molar-refractivity contribution is 7.16. The van der Waals surface area contributed by atoms with Crippen LogP contribution in [0.3, 0.4) is 0 Å². The minimum Gasteiger partial charge on any atom is -0.441 e. The van der Waals surface area contributed by atoms with E-state index in [2.05, 4.69) is 41.0 Å². The summed E-state index contributed by atoms with van der Waals surface area (Å²) in [6.07, 6.45) is 7.40. The normalized spacial score (nSPS) is 12.0. The van der Waals surface area contributed by atoms with Crippen LogP contribution in [-0.2, 0) is 5.41 Å². The molecular formula is C18H20N4OS. The average molecular weight is 340 g/mol. The van der Waals surface area contributed by atoms with E-state index in [1.165, 1.54) is 0 Å². The molecule has 0 unspecified atom stereocenters. The number of aromatic nitrogens is 3. The first-order valence-corrected chi connectivity index (χ1v) is 8.53. The van der Waals surface area contributed by atoms with Gasteiger partial charge < -0.3 is 9.73 Å². The molecule has 0 atom stereocenters. The van der Waals surface area contributed by atoms with Crippen LogP contribution in [-0.4, -0.2) is 15.0 Å². The molecule has 0 fully saturated rings. The van der Waals surface area contributed by atoms with Crippen molar-refractivity contribution >= 4 is 34.4 Å². The van der Waals surface area contributed by atoms with Crippen LogP contribution in [0.1, 0.15) is 43.0 Å². The summed E-state index contributed by atoms with van der Waals surface area (Å²) in [4.78, 5) is 14.1. The Kier molecular flexibility index (Phi) is 4.49. The van der Waals surface area contributed by atoms with Crippen molar-refractivity contribution in [2.45, 2.75) is 33.1 Å². The molecule has 0 aliphatic heterocycles. The van der Waals surface area contributed by atoms with Crippen molar-refractivity contribution in [1.82, 2.24) is 15.0 Å². The first-order chi connectivity index (χ1) is 11.4. The van der Waals surface area contributed by atoms with E-state index >= 15 is 0 Å². The second kappa shape index (κ2) is 6.57. The van der Waals surface area contributed by atoms with Gasteiger partial charge in [0.25, 0.3) is 0 Å². The lowest BCUT2D eigenvalue weighted by molar-refractivity contribution is 0.403. The quantitative estimate of drug-likeness (QED) is 0.720. The molecule has 3 aromatic heterocycles. The monoisotopic (exact) mass is 340 g/mol.